The Morgan fingerprint density at radius 3 is 2.38 bits per heavy atom. The lowest BCUT2D eigenvalue weighted by Crippen LogP contribution is -1.99. The maximum Gasteiger partial charge on any atom is 0.186 e. The molecule has 0 radical (unpaired) electrons. The molecule has 0 aliphatic carbocycles. The van der Waals surface area contributed by atoms with E-state index in [1.165, 1.54) is 0 Å². The van der Waals surface area contributed by atoms with Crippen LogP contribution >= 0.6 is 11.6 Å². The molecule has 2 aromatic carbocycles. The Morgan fingerprint density at radius 1 is 0.923 bits per heavy atom. The van der Waals surface area contributed by atoms with Gasteiger partial charge in [-0.3, -0.25) is 0 Å². The van der Waals surface area contributed by atoms with Gasteiger partial charge in [-0.1, -0.05) is 35.9 Å². The Labute approximate surface area is 152 Å². The first kappa shape index (κ1) is 15.0. The van der Waals surface area contributed by atoms with Crippen LogP contribution < -0.4 is 0 Å². The Balaban J connectivity index is 1.92. The Morgan fingerprint density at radius 2 is 1.65 bits per heavy atom. The van der Waals surface area contributed by atoms with Crippen LogP contribution in [0.4, 0.5) is 0 Å². The van der Waals surface area contributed by atoms with Crippen molar-refractivity contribution in [3.63, 3.8) is 0 Å². The number of hydrogen-bond donors (Lipinski definition) is 0. The van der Waals surface area contributed by atoms with Gasteiger partial charge >= 0.3 is 0 Å². The number of aromatic nitrogens is 7. The third-order valence-corrected chi connectivity index (χ3v) is 4.50. The lowest BCUT2D eigenvalue weighted by molar-refractivity contribution is 0.874. The highest BCUT2D eigenvalue weighted by Crippen LogP contribution is 2.30. The summed E-state index contributed by atoms with van der Waals surface area (Å²) >= 11 is 6.40. The molecule has 0 aliphatic heterocycles. The van der Waals surface area contributed by atoms with E-state index in [-0.39, 0.29) is 0 Å². The molecule has 0 fully saturated rings. The molecule has 5 rings (SSSR count). The van der Waals surface area contributed by atoms with Gasteiger partial charge in [0.15, 0.2) is 17.2 Å². The van der Waals surface area contributed by atoms with E-state index in [0.29, 0.717) is 27.7 Å². The summed E-state index contributed by atoms with van der Waals surface area (Å²) in [5, 5.41) is 13.4. The molecule has 8 heteroatoms. The highest BCUT2D eigenvalue weighted by molar-refractivity contribution is 6.32. The van der Waals surface area contributed by atoms with Crippen molar-refractivity contribution >= 4 is 33.8 Å². The molecule has 0 atom stereocenters. The highest BCUT2D eigenvalue weighted by Gasteiger charge is 2.21. The van der Waals surface area contributed by atoms with Gasteiger partial charge < -0.3 is 4.57 Å². The van der Waals surface area contributed by atoms with E-state index in [9.17, 15) is 0 Å². The van der Waals surface area contributed by atoms with E-state index >= 15 is 0 Å². The van der Waals surface area contributed by atoms with Crippen LogP contribution in [-0.2, 0) is 7.05 Å². The fraction of sp³-hybridized carbons (Fsp3) is 0.0556. The molecule has 5 aromatic rings. The van der Waals surface area contributed by atoms with Crippen LogP contribution in [0.15, 0.2) is 54.9 Å². The number of hydrogen-bond acceptors (Lipinski definition) is 5. The van der Waals surface area contributed by atoms with Crippen molar-refractivity contribution in [1.29, 1.82) is 0 Å². The predicted octanol–water partition coefficient (Wildman–Crippen LogP) is 3.42. The smallest absolute Gasteiger partial charge is 0.186 e. The highest BCUT2D eigenvalue weighted by atomic mass is 35.5. The predicted molar refractivity (Wildman–Crippen MR) is 99.2 cm³/mol. The molecule has 126 valence electrons. The molecular formula is C18H12ClN7. The topological polar surface area (TPSA) is 74.3 Å². The second kappa shape index (κ2) is 5.60. The largest absolute Gasteiger partial charge is 0.315 e. The minimum Gasteiger partial charge on any atom is -0.315 e. The van der Waals surface area contributed by atoms with Crippen molar-refractivity contribution in [2.24, 2.45) is 7.05 Å². The molecule has 7 nitrogen and oxygen atoms in total. The van der Waals surface area contributed by atoms with Gasteiger partial charge in [-0.15, -0.1) is 10.2 Å². The molecule has 3 heterocycles. The van der Waals surface area contributed by atoms with Crippen LogP contribution in [0.2, 0.25) is 5.02 Å². The fourth-order valence-corrected chi connectivity index (χ4v) is 3.15. The average molecular weight is 362 g/mol. The number of aryl methyl sites for hydroxylation is 1. The number of benzene rings is 2. The Kier molecular flexibility index (Phi) is 3.23. The molecule has 0 aliphatic rings. The minimum absolute atomic E-state index is 0.580. The first-order valence-corrected chi connectivity index (χ1v) is 8.35. The van der Waals surface area contributed by atoms with E-state index < -0.39 is 0 Å². The Bertz CT molecular complexity index is 1270. The summed E-state index contributed by atoms with van der Waals surface area (Å²) < 4.78 is 3.51. The van der Waals surface area contributed by atoms with Gasteiger partial charge in [0.05, 0.1) is 21.7 Å². The van der Waals surface area contributed by atoms with Crippen LogP contribution in [0.1, 0.15) is 0 Å². The van der Waals surface area contributed by atoms with Crippen molar-refractivity contribution in [3.8, 4) is 17.2 Å². The van der Waals surface area contributed by atoms with Gasteiger partial charge in [-0.05, 0) is 24.3 Å². The van der Waals surface area contributed by atoms with Gasteiger partial charge in [0.1, 0.15) is 11.8 Å². The first-order chi connectivity index (χ1) is 12.7. The van der Waals surface area contributed by atoms with E-state index in [2.05, 4.69) is 10.2 Å². The standard InChI is InChI=1S/C18H12ClN7/c1-25-10-20-23-18(25)16-15-17(22-13-8-4-3-7-12(13)21-15)26(24-16)14-9-5-2-6-11(14)19/h2-10H,1H3. The van der Waals surface area contributed by atoms with Crippen LogP contribution in [0, 0.1) is 0 Å². The molecule has 0 amide bonds. The number of para-hydroxylation sites is 3. The Hall–Kier alpha value is -3.32. The number of halogens is 1. The summed E-state index contributed by atoms with van der Waals surface area (Å²) in [5.41, 5.74) is 4.20. The van der Waals surface area contributed by atoms with Crippen molar-refractivity contribution in [1.82, 2.24) is 34.5 Å². The van der Waals surface area contributed by atoms with Gasteiger partial charge in [-0.25, -0.2) is 14.6 Å². The molecule has 0 unspecified atom stereocenters. The van der Waals surface area contributed by atoms with E-state index in [0.717, 1.165) is 16.7 Å². The zero-order chi connectivity index (χ0) is 17.7. The number of fused-ring (bicyclic) bond motifs is 2. The summed E-state index contributed by atoms with van der Waals surface area (Å²) in [6.07, 6.45) is 1.63. The van der Waals surface area contributed by atoms with Crippen LogP contribution in [0.25, 0.3) is 39.4 Å². The summed E-state index contributed by atoms with van der Waals surface area (Å²) in [7, 11) is 1.87. The lowest BCUT2D eigenvalue weighted by Gasteiger charge is -2.05. The zero-order valence-electron chi connectivity index (χ0n) is 13.7. The van der Waals surface area contributed by atoms with Gasteiger partial charge in [-0.2, -0.15) is 5.10 Å². The third kappa shape index (κ3) is 2.18. The zero-order valence-corrected chi connectivity index (χ0v) is 14.5. The van der Waals surface area contributed by atoms with Gasteiger partial charge in [0, 0.05) is 7.05 Å². The molecule has 26 heavy (non-hydrogen) atoms. The van der Waals surface area contributed by atoms with Crippen LogP contribution in [-0.4, -0.2) is 34.5 Å². The quantitative estimate of drug-likeness (QED) is 0.481. The average Bonchev–Trinajstić information content (AvgIpc) is 3.23. The van der Waals surface area contributed by atoms with Gasteiger partial charge in [0.2, 0.25) is 0 Å². The number of nitrogens with zero attached hydrogens (tertiary/aromatic N) is 7. The first-order valence-electron chi connectivity index (χ1n) is 7.97. The molecule has 0 saturated heterocycles. The van der Waals surface area contributed by atoms with E-state index in [4.69, 9.17) is 26.7 Å². The normalized spacial score (nSPS) is 11.5. The molecule has 3 aromatic heterocycles. The second-order valence-electron chi connectivity index (χ2n) is 5.86. The third-order valence-electron chi connectivity index (χ3n) is 4.18. The molecular weight excluding hydrogens is 350 g/mol. The fourth-order valence-electron chi connectivity index (χ4n) is 2.93. The molecule has 0 spiro atoms. The van der Waals surface area contributed by atoms with Crippen LogP contribution in [0.3, 0.4) is 0 Å². The molecule has 0 saturated carbocycles. The number of rotatable bonds is 2. The van der Waals surface area contributed by atoms with E-state index in [1.54, 1.807) is 15.6 Å². The van der Waals surface area contributed by atoms with Crippen molar-refractivity contribution < 1.29 is 0 Å². The summed E-state index contributed by atoms with van der Waals surface area (Å²) in [6, 6.07) is 15.2. The monoisotopic (exact) mass is 361 g/mol. The summed E-state index contributed by atoms with van der Waals surface area (Å²) in [6.45, 7) is 0. The van der Waals surface area contributed by atoms with E-state index in [1.807, 2.05) is 55.6 Å². The summed E-state index contributed by atoms with van der Waals surface area (Å²) in [4.78, 5) is 9.56. The van der Waals surface area contributed by atoms with Crippen molar-refractivity contribution in [2.75, 3.05) is 0 Å². The summed E-state index contributed by atoms with van der Waals surface area (Å²) in [5.74, 6) is 0.616. The maximum absolute atomic E-state index is 6.40. The minimum atomic E-state index is 0.580. The lowest BCUT2D eigenvalue weighted by atomic mass is 10.2. The van der Waals surface area contributed by atoms with Gasteiger partial charge in [0.25, 0.3) is 0 Å². The second-order valence-corrected chi connectivity index (χ2v) is 6.27. The van der Waals surface area contributed by atoms with Crippen LogP contribution in [0.5, 0.6) is 0 Å². The maximum atomic E-state index is 6.40. The molecule has 0 bridgehead atoms. The van der Waals surface area contributed by atoms with Crippen molar-refractivity contribution in [3.05, 3.63) is 59.9 Å². The SMILES string of the molecule is Cn1cnnc1-c1nn(-c2ccccc2Cl)c2nc3ccccc3nc12. The van der Waals surface area contributed by atoms with Crippen molar-refractivity contribution in [2.45, 2.75) is 0 Å². The molecule has 0 N–H and O–H groups in total.